The zero-order chi connectivity index (χ0) is 58.2. The van der Waals surface area contributed by atoms with Crippen LogP contribution in [0.1, 0.15) is 136 Å². The maximum atomic E-state index is 14.7. The molecule has 2 N–H and O–H groups in total. The second kappa shape index (κ2) is 26.6. The molecule has 1 aliphatic carbocycles. The molecule has 390 valence electrons. The lowest BCUT2D eigenvalue weighted by atomic mass is 9.78. The van der Waals surface area contributed by atoms with E-state index in [4.69, 9.17) is 39.2 Å². The highest BCUT2D eigenvalue weighted by molar-refractivity contribution is 7.57. The molecule has 0 radical (unpaired) electrons. The molecule has 15 heteroatoms. The van der Waals surface area contributed by atoms with Crippen molar-refractivity contribution >= 4 is 30.8 Å². The standard InChI is InChI=1S/C54H86NO13P/c1-33-19-15-14-16-20-34(2)46(63-9)31-42-24-22-39(7)54(61,67-42)51(58)52(59)55-26-18-17-21-43(55)53(60)66-47(37(5)29-41-23-25-45(48(30-41)64-10)68-69(12,13)62)32-44(56)36(4)28-38(6)49(57)50(65-11)40(8)35(3)27-33/h14-16,19-20,28,33,35-37,39,41-43,45-50,57,61H,8,17-18,21-27,29-32H2,1-7,9-13H3/b16-14+,19-15+,34-20+,38-28+/t33-,35-,36-,37-,39-,41+,42+,43+,45-,46+,47+,48-,49-,50+,54-/m1/s1/i4D3,12D3,22D2/t33-,35-,36-,37-,39-,41+,42+,43+,45-,46+,47+,48-,49-,50+,54-,69?. The Morgan fingerprint density at radius 1 is 0.971 bits per heavy atom. The molecule has 0 aromatic heterocycles. The van der Waals surface area contributed by atoms with Gasteiger partial charge in [0, 0.05) is 76.8 Å². The average molecular weight is 996 g/mol. The number of carbonyl (C=O) groups is 4. The smallest absolute Gasteiger partial charge is 0.329 e. The van der Waals surface area contributed by atoms with Gasteiger partial charge in [0.05, 0.1) is 24.4 Å². The maximum Gasteiger partial charge on any atom is 0.329 e. The van der Waals surface area contributed by atoms with Crippen LogP contribution in [0.2, 0.25) is 0 Å². The van der Waals surface area contributed by atoms with Gasteiger partial charge in [0.2, 0.25) is 5.79 Å². The molecule has 2 bridgehead atoms. The van der Waals surface area contributed by atoms with E-state index in [2.05, 4.69) is 6.58 Å². The van der Waals surface area contributed by atoms with Gasteiger partial charge in [-0.2, -0.15) is 0 Å². The highest BCUT2D eigenvalue weighted by atomic mass is 31.2. The number of allylic oxidation sites excluding steroid dienone is 6. The van der Waals surface area contributed by atoms with Crippen LogP contribution in [-0.2, 0) is 52.0 Å². The second-order valence-electron chi connectivity index (χ2n) is 20.0. The first kappa shape index (κ1) is 47.0. The van der Waals surface area contributed by atoms with E-state index in [9.17, 15) is 34.0 Å². The van der Waals surface area contributed by atoms with Gasteiger partial charge in [-0.25, -0.2) is 4.79 Å². The van der Waals surface area contributed by atoms with Crippen LogP contribution in [-0.4, -0.2) is 134 Å². The molecule has 1 saturated carbocycles. The number of esters is 1. The van der Waals surface area contributed by atoms with Crippen molar-refractivity contribution in [2.24, 2.45) is 35.5 Å². The number of aliphatic hydroxyl groups is 2. The summed E-state index contributed by atoms with van der Waals surface area (Å²) >= 11 is 0. The SMILES string of the molecule is [2H]C([2H])([2H])[C@@H]1/C=C(\C)[C@@H](O)[C@@H](OC)C(=C)[C@H](C)C[C@H](C)/C=C/C=C/C=C(\C)[C@@H](OC)C[C@@H]2CC([2H])([2H])[C@@H](C)[C@@](O)(O2)C(=O)C(=O)N2CCCC[C@H]2C(=O)O[C@H]([C@H](C)C[C@@H]2CC[C@@H](OP(C)(=O)C([2H])([2H])[2H])[C@H](OC)C2)CC1=O. The molecule has 0 aromatic rings. The lowest BCUT2D eigenvalue weighted by Crippen LogP contribution is -2.61. The number of hydrogen-bond donors (Lipinski definition) is 2. The minimum atomic E-state index is -4.07. The van der Waals surface area contributed by atoms with Crippen molar-refractivity contribution in [3.63, 3.8) is 0 Å². The maximum absolute atomic E-state index is 14.7. The molecule has 4 rings (SSSR count). The summed E-state index contributed by atoms with van der Waals surface area (Å²) in [5, 5.41) is 23.9. The van der Waals surface area contributed by atoms with E-state index in [1.54, 1.807) is 13.0 Å². The van der Waals surface area contributed by atoms with Gasteiger partial charge in [0.25, 0.3) is 11.7 Å². The van der Waals surface area contributed by atoms with Crippen LogP contribution in [0.5, 0.6) is 0 Å². The van der Waals surface area contributed by atoms with Crippen LogP contribution in [0.15, 0.2) is 59.8 Å². The van der Waals surface area contributed by atoms with E-state index in [1.165, 1.54) is 41.3 Å². The monoisotopic (exact) mass is 996 g/mol. The summed E-state index contributed by atoms with van der Waals surface area (Å²) in [5.41, 5.74) is 1.40. The highest BCUT2D eigenvalue weighted by Crippen LogP contribution is 2.45. The van der Waals surface area contributed by atoms with E-state index in [-0.39, 0.29) is 62.0 Å². The molecule has 1 amide bonds. The zero-order valence-corrected chi connectivity index (χ0v) is 43.4. The van der Waals surface area contributed by atoms with Crippen LogP contribution < -0.4 is 0 Å². The molecular formula is C54H86NO13P. The van der Waals surface area contributed by atoms with Gasteiger partial charge in [-0.3, -0.25) is 18.9 Å². The summed E-state index contributed by atoms with van der Waals surface area (Å²) in [7, 11) is 0.220. The number of ether oxygens (including phenoxy) is 5. The van der Waals surface area contributed by atoms with Crippen LogP contribution in [0.4, 0.5) is 0 Å². The molecule has 3 fully saturated rings. The average Bonchev–Trinajstić information content (AvgIpc) is 3.34. The number of fused-ring (bicyclic) bond motifs is 3. The molecule has 0 spiro atoms. The van der Waals surface area contributed by atoms with Crippen molar-refractivity contribution in [1.29, 1.82) is 0 Å². The summed E-state index contributed by atoms with van der Waals surface area (Å²) in [6.07, 6.45) is 3.10. The number of carbonyl (C=O) groups excluding carboxylic acids is 4. The first-order valence-corrected chi connectivity index (χ1v) is 26.6. The van der Waals surface area contributed by atoms with Gasteiger partial charge in [0.15, 0.2) is 7.37 Å². The number of ketones is 2. The fourth-order valence-electron chi connectivity index (χ4n) is 10.1. The summed E-state index contributed by atoms with van der Waals surface area (Å²) < 4.78 is 115. The fraction of sp³-hybridized carbons (Fsp3) is 0.741. The molecule has 1 unspecified atom stereocenters. The van der Waals surface area contributed by atoms with E-state index >= 15 is 0 Å². The predicted octanol–water partition coefficient (Wildman–Crippen LogP) is 8.73. The molecular weight excluding hydrogens is 902 g/mol. The van der Waals surface area contributed by atoms with Gasteiger partial charge in [0.1, 0.15) is 30.1 Å². The number of Topliss-reactive ketones (excluding diaryl/α,β-unsaturated/α-hetero) is 2. The largest absolute Gasteiger partial charge is 0.460 e. The van der Waals surface area contributed by atoms with Gasteiger partial charge >= 0.3 is 5.97 Å². The first-order valence-electron chi connectivity index (χ1n) is 28.5. The third kappa shape index (κ3) is 16.2. The van der Waals surface area contributed by atoms with Gasteiger partial charge in [-0.05, 0) is 118 Å². The number of nitrogens with zero attached hydrogens (tertiary/aromatic N) is 1. The summed E-state index contributed by atoms with van der Waals surface area (Å²) in [4.78, 5) is 59.2. The van der Waals surface area contributed by atoms with E-state index in [0.29, 0.717) is 37.7 Å². The third-order valence-electron chi connectivity index (χ3n) is 14.4. The van der Waals surface area contributed by atoms with Crippen LogP contribution in [0.25, 0.3) is 0 Å². The van der Waals surface area contributed by atoms with E-state index in [0.717, 1.165) is 17.1 Å². The minimum absolute atomic E-state index is 0.00876. The van der Waals surface area contributed by atoms with Crippen LogP contribution in [0, 0.1) is 35.5 Å². The molecule has 14 nitrogen and oxygen atoms in total. The predicted molar refractivity (Wildman–Crippen MR) is 268 cm³/mol. The highest BCUT2D eigenvalue weighted by Gasteiger charge is 2.53. The molecule has 0 aromatic carbocycles. The molecule has 4 aliphatic rings. The Kier molecular flexibility index (Phi) is 18.1. The topological polar surface area (TPSA) is 184 Å². The Morgan fingerprint density at radius 2 is 1.71 bits per heavy atom. The normalized spacial score (nSPS) is 42.5. The molecule has 69 heavy (non-hydrogen) atoms. The molecule has 3 heterocycles. The summed E-state index contributed by atoms with van der Waals surface area (Å²) in [6, 6.07) is -1.42. The van der Waals surface area contributed by atoms with Gasteiger partial charge in [-0.1, -0.05) is 77.6 Å². The Labute approximate surface area is 424 Å². The lowest BCUT2D eigenvalue weighted by molar-refractivity contribution is -0.265. The van der Waals surface area contributed by atoms with Crippen molar-refractivity contribution in [2.45, 2.75) is 180 Å². The number of hydrogen-bond acceptors (Lipinski definition) is 13. The van der Waals surface area contributed by atoms with Gasteiger partial charge < -0.3 is 43.3 Å². The number of piperidine rings is 1. The molecule has 2 saturated heterocycles. The zero-order valence-electron chi connectivity index (χ0n) is 50.5. The van der Waals surface area contributed by atoms with Crippen LogP contribution >= 0.6 is 7.37 Å². The molecule has 3 aliphatic heterocycles. The van der Waals surface area contributed by atoms with E-state index in [1.807, 2.05) is 45.1 Å². The van der Waals surface area contributed by atoms with Gasteiger partial charge in [-0.15, -0.1) is 0 Å². The number of cyclic esters (lactones) is 1. The molecule has 16 atom stereocenters. The summed E-state index contributed by atoms with van der Waals surface area (Å²) in [6.45, 7) is 9.64. The van der Waals surface area contributed by atoms with E-state index < -0.39 is 129 Å². The number of methoxy groups -OCH3 is 3. The van der Waals surface area contributed by atoms with Crippen molar-refractivity contribution < 1.29 is 73.1 Å². The Hall–Kier alpha value is -3.07. The van der Waals surface area contributed by atoms with Crippen molar-refractivity contribution in [3.05, 3.63) is 59.8 Å². The number of aliphatic hydroxyl groups excluding tert-OH is 1. The fourth-order valence-corrected chi connectivity index (χ4v) is 10.9. The Bertz CT molecular complexity index is 2250. The minimum Gasteiger partial charge on any atom is -0.460 e. The Morgan fingerprint density at radius 3 is 2.38 bits per heavy atom. The third-order valence-corrected chi connectivity index (χ3v) is 15.1. The number of amides is 1. The van der Waals surface area contributed by atoms with Crippen LogP contribution in [0.3, 0.4) is 0 Å². The first-order chi connectivity index (χ1) is 35.6. The quantitative estimate of drug-likeness (QED) is 0.102. The second-order valence-corrected chi connectivity index (χ2v) is 21.9. The number of rotatable bonds is 8. The summed E-state index contributed by atoms with van der Waals surface area (Å²) in [5.74, 6) is -12.0. The van der Waals surface area contributed by atoms with Crippen molar-refractivity contribution in [3.8, 4) is 0 Å². The lowest BCUT2D eigenvalue weighted by Gasteiger charge is -2.42. The van der Waals surface area contributed by atoms with Crippen molar-refractivity contribution in [1.82, 2.24) is 4.90 Å². The Balaban J connectivity index is 1.80. The van der Waals surface area contributed by atoms with Crippen molar-refractivity contribution in [2.75, 3.05) is 41.1 Å².